The van der Waals surface area contributed by atoms with Crippen LogP contribution in [0, 0.1) is 5.92 Å². The first-order valence-corrected chi connectivity index (χ1v) is 6.91. The van der Waals surface area contributed by atoms with Gasteiger partial charge in [-0.25, -0.2) is 0 Å². The number of hydrogen-bond acceptors (Lipinski definition) is 3. The van der Waals surface area contributed by atoms with Gasteiger partial charge in [-0.2, -0.15) is 0 Å². The molecule has 2 N–H and O–H groups in total. The van der Waals surface area contributed by atoms with Gasteiger partial charge in [0.2, 0.25) is 5.91 Å². The van der Waals surface area contributed by atoms with Gasteiger partial charge >= 0.3 is 0 Å². The van der Waals surface area contributed by atoms with E-state index in [9.17, 15) is 15.0 Å². The molecule has 1 heterocycles. The van der Waals surface area contributed by atoms with Gasteiger partial charge in [0.05, 0.1) is 6.10 Å². The zero-order valence-corrected chi connectivity index (χ0v) is 10.9. The molecule has 0 unspecified atom stereocenters. The summed E-state index contributed by atoms with van der Waals surface area (Å²) in [4.78, 5) is 14.2. The summed E-state index contributed by atoms with van der Waals surface area (Å²) in [5.74, 6) is 0.493. The molecule has 1 fully saturated rings. The minimum absolute atomic E-state index is 0.0182. The second-order valence-electron chi connectivity index (χ2n) is 5.60. The summed E-state index contributed by atoms with van der Waals surface area (Å²) in [6.45, 7) is 1.45. The molecule has 0 atom stereocenters. The van der Waals surface area contributed by atoms with Gasteiger partial charge in [0.15, 0.2) is 0 Å². The van der Waals surface area contributed by atoms with E-state index in [4.69, 9.17) is 0 Å². The molecule has 0 spiro atoms. The van der Waals surface area contributed by atoms with E-state index in [0.29, 0.717) is 25.1 Å². The Kier molecular flexibility index (Phi) is 3.19. The molecule has 1 aliphatic carbocycles. The number of rotatable bonds is 1. The number of nitrogens with zero attached hydrogens (tertiary/aromatic N) is 1. The zero-order chi connectivity index (χ0) is 13.4. The van der Waals surface area contributed by atoms with Crippen LogP contribution >= 0.6 is 0 Å². The molecule has 19 heavy (non-hydrogen) atoms. The number of benzene rings is 1. The van der Waals surface area contributed by atoms with Gasteiger partial charge < -0.3 is 15.1 Å². The van der Waals surface area contributed by atoms with Gasteiger partial charge in [-0.15, -0.1) is 0 Å². The molecule has 1 aromatic carbocycles. The molecule has 4 heteroatoms. The van der Waals surface area contributed by atoms with Crippen molar-refractivity contribution >= 4 is 5.91 Å². The van der Waals surface area contributed by atoms with Crippen molar-refractivity contribution < 1.29 is 15.0 Å². The molecule has 0 aromatic heterocycles. The number of carbonyl (C=O) groups excluding carboxylic acids is 1. The van der Waals surface area contributed by atoms with Gasteiger partial charge in [0.1, 0.15) is 5.75 Å². The highest BCUT2D eigenvalue weighted by Gasteiger charge is 2.35. The molecule has 102 valence electrons. The van der Waals surface area contributed by atoms with E-state index in [2.05, 4.69) is 0 Å². The second kappa shape index (κ2) is 4.85. The van der Waals surface area contributed by atoms with Crippen LogP contribution in [-0.2, 0) is 17.6 Å². The number of carbonyl (C=O) groups is 1. The number of amides is 1. The Bertz CT molecular complexity index is 494. The van der Waals surface area contributed by atoms with Crippen LogP contribution in [0.1, 0.15) is 24.0 Å². The molecule has 2 aliphatic rings. The predicted octanol–water partition coefficient (Wildman–Crippen LogP) is 1.09. The van der Waals surface area contributed by atoms with Gasteiger partial charge in [-0.05, 0) is 48.9 Å². The Morgan fingerprint density at radius 3 is 2.53 bits per heavy atom. The molecule has 1 aliphatic heterocycles. The smallest absolute Gasteiger partial charge is 0.225 e. The molecule has 1 aromatic rings. The SMILES string of the molecule is O=C(C1CC(O)C1)N1CCc2ccc(O)cc2CC1. The van der Waals surface area contributed by atoms with Crippen molar-refractivity contribution in [1.29, 1.82) is 0 Å². The van der Waals surface area contributed by atoms with E-state index >= 15 is 0 Å². The number of fused-ring (bicyclic) bond motifs is 1. The highest BCUT2D eigenvalue weighted by atomic mass is 16.3. The monoisotopic (exact) mass is 261 g/mol. The lowest BCUT2D eigenvalue weighted by molar-refractivity contribution is -0.142. The largest absolute Gasteiger partial charge is 0.508 e. The van der Waals surface area contributed by atoms with Crippen LogP contribution in [0.15, 0.2) is 18.2 Å². The Morgan fingerprint density at radius 2 is 1.84 bits per heavy atom. The van der Waals surface area contributed by atoms with Crippen molar-refractivity contribution in [2.24, 2.45) is 5.92 Å². The van der Waals surface area contributed by atoms with Crippen LogP contribution in [0.3, 0.4) is 0 Å². The van der Waals surface area contributed by atoms with Crippen molar-refractivity contribution in [2.45, 2.75) is 31.8 Å². The van der Waals surface area contributed by atoms with Crippen molar-refractivity contribution in [1.82, 2.24) is 4.90 Å². The molecule has 1 amide bonds. The fraction of sp³-hybridized carbons (Fsp3) is 0.533. The van der Waals surface area contributed by atoms with Crippen molar-refractivity contribution in [3.8, 4) is 5.75 Å². The maximum atomic E-state index is 12.3. The van der Waals surface area contributed by atoms with Crippen LogP contribution in [0.4, 0.5) is 0 Å². The summed E-state index contributed by atoms with van der Waals surface area (Å²) in [6, 6.07) is 5.46. The first-order valence-electron chi connectivity index (χ1n) is 6.91. The van der Waals surface area contributed by atoms with Gasteiger partial charge in [-0.3, -0.25) is 4.79 Å². The average molecular weight is 261 g/mol. The lowest BCUT2D eigenvalue weighted by Crippen LogP contribution is -2.44. The highest BCUT2D eigenvalue weighted by Crippen LogP contribution is 2.30. The normalized spacial score (nSPS) is 26.3. The van der Waals surface area contributed by atoms with Gasteiger partial charge in [0.25, 0.3) is 0 Å². The third-order valence-corrected chi connectivity index (χ3v) is 4.27. The van der Waals surface area contributed by atoms with Gasteiger partial charge in [0, 0.05) is 19.0 Å². The first kappa shape index (κ1) is 12.5. The summed E-state index contributed by atoms with van der Waals surface area (Å²) in [5.41, 5.74) is 2.37. The van der Waals surface area contributed by atoms with Crippen LogP contribution < -0.4 is 0 Å². The van der Waals surface area contributed by atoms with Crippen molar-refractivity contribution in [2.75, 3.05) is 13.1 Å². The zero-order valence-electron chi connectivity index (χ0n) is 10.9. The quantitative estimate of drug-likeness (QED) is 0.795. The maximum absolute atomic E-state index is 12.3. The van der Waals surface area contributed by atoms with Gasteiger partial charge in [-0.1, -0.05) is 6.07 Å². The molecular formula is C15H19NO3. The lowest BCUT2D eigenvalue weighted by Gasteiger charge is -2.34. The summed E-state index contributed by atoms with van der Waals surface area (Å²) >= 11 is 0. The number of aromatic hydroxyl groups is 1. The highest BCUT2D eigenvalue weighted by molar-refractivity contribution is 5.80. The number of hydrogen-bond donors (Lipinski definition) is 2. The third-order valence-electron chi connectivity index (χ3n) is 4.27. The maximum Gasteiger partial charge on any atom is 0.225 e. The fourth-order valence-electron chi connectivity index (χ4n) is 2.98. The molecule has 3 rings (SSSR count). The molecule has 0 radical (unpaired) electrons. The topological polar surface area (TPSA) is 60.8 Å². The standard InChI is InChI=1S/C15H19NO3/c17-13-2-1-10-3-5-16(6-4-11(10)7-13)15(19)12-8-14(18)9-12/h1-2,7,12,14,17-18H,3-6,8-9H2. The van der Waals surface area contributed by atoms with Crippen LogP contribution in [0.5, 0.6) is 5.75 Å². The Hall–Kier alpha value is -1.55. The number of aliphatic hydroxyl groups excluding tert-OH is 1. The van der Waals surface area contributed by atoms with E-state index in [-0.39, 0.29) is 17.9 Å². The van der Waals surface area contributed by atoms with Crippen LogP contribution in [0.2, 0.25) is 0 Å². The van der Waals surface area contributed by atoms with E-state index < -0.39 is 0 Å². The van der Waals surface area contributed by atoms with Crippen molar-refractivity contribution in [3.05, 3.63) is 29.3 Å². The van der Waals surface area contributed by atoms with Crippen LogP contribution in [0.25, 0.3) is 0 Å². The third kappa shape index (κ3) is 2.45. The summed E-state index contributed by atoms with van der Waals surface area (Å²) in [7, 11) is 0. The number of aliphatic hydroxyl groups is 1. The van der Waals surface area contributed by atoms with E-state index in [0.717, 1.165) is 24.9 Å². The molecule has 4 nitrogen and oxygen atoms in total. The van der Waals surface area contributed by atoms with Crippen molar-refractivity contribution in [3.63, 3.8) is 0 Å². The Labute approximate surface area is 112 Å². The Morgan fingerprint density at radius 1 is 1.16 bits per heavy atom. The predicted molar refractivity (Wildman–Crippen MR) is 70.8 cm³/mol. The van der Waals surface area contributed by atoms with Crippen LogP contribution in [-0.4, -0.2) is 40.2 Å². The minimum atomic E-state index is -0.282. The minimum Gasteiger partial charge on any atom is -0.508 e. The molecule has 0 bridgehead atoms. The Balaban J connectivity index is 1.68. The first-order chi connectivity index (χ1) is 9.13. The molecular weight excluding hydrogens is 242 g/mol. The van der Waals surface area contributed by atoms with E-state index in [1.54, 1.807) is 12.1 Å². The molecule has 1 saturated carbocycles. The summed E-state index contributed by atoms with van der Waals surface area (Å²) in [6.07, 6.45) is 2.59. The number of phenolic OH excluding ortho intramolecular Hbond substituents is 1. The van der Waals surface area contributed by atoms with E-state index in [1.807, 2.05) is 11.0 Å². The second-order valence-corrected chi connectivity index (χ2v) is 5.60. The summed E-state index contributed by atoms with van der Waals surface area (Å²) < 4.78 is 0. The fourth-order valence-corrected chi connectivity index (χ4v) is 2.98. The van der Waals surface area contributed by atoms with E-state index in [1.165, 1.54) is 5.56 Å². The number of phenols is 1. The molecule has 0 saturated heterocycles. The average Bonchev–Trinajstić information content (AvgIpc) is 2.56. The lowest BCUT2D eigenvalue weighted by atomic mass is 9.81. The summed E-state index contributed by atoms with van der Waals surface area (Å²) in [5, 5.41) is 18.8.